The van der Waals surface area contributed by atoms with Crippen LogP contribution in [0, 0.1) is 0 Å². The summed E-state index contributed by atoms with van der Waals surface area (Å²) in [7, 11) is 0. The van der Waals surface area contributed by atoms with E-state index in [2.05, 4.69) is 44.3 Å². The number of aliphatic hydroxyl groups excluding tert-OH is 6. The maximum absolute atomic E-state index is 13.1. The fourth-order valence-electron chi connectivity index (χ4n) is 7.79. The zero-order valence-corrected chi connectivity index (χ0v) is 38.5. The van der Waals surface area contributed by atoms with Crippen molar-refractivity contribution in [1.29, 1.82) is 0 Å². The Morgan fingerprint density at radius 2 is 1.12 bits per heavy atom. The minimum absolute atomic E-state index is 0.302. The number of nitrogens with one attached hydrogen (secondary N) is 1. The van der Waals surface area contributed by atoms with Crippen molar-refractivity contribution in [2.24, 2.45) is 0 Å². The molecule has 1 aliphatic rings. The first-order chi connectivity index (χ1) is 29.2. The summed E-state index contributed by atoms with van der Waals surface area (Å²) in [6.45, 7) is 5.64. The van der Waals surface area contributed by atoms with Crippen LogP contribution in [0.25, 0.3) is 0 Å². The lowest BCUT2D eigenvalue weighted by Gasteiger charge is -2.40. The molecule has 1 fully saturated rings. The van der Waals surface area contributed by atoms with Crippen LogP contribution in [0.5, 0.6) is 0 Å². The molecule has 0 aromatic carbocycles. The van der Waals surface area contributed by atoms with E-state index in [4.69, 9.17) is 9.47 Å². The zero-order chi connectivity index (χ0) is 44.1. The van der Waals surface area contributed by atoms with Gasteiger partial charge in [0.25, 0.3) is 0 Å². The summed E-state index contributed by atoms with van der Waals surface area (Å²) in [5.41, 5.74) is 1.18. The van der Waals surface area contributed by atoms with E-state index >= 15 is 0 Å². The SMILES string of the molecule is CCCCCCCC=CC(C)=CCCC=CC(O)C(COC1OC(CO)C(O)C(O)C1O)NC(=O)C(O)CCCCCCCCCCCCCCCCCCCCCCC. The quantitative estimate of drug-likeness (QED) is 0.0180. The number of aliphatic hydroxyl groups is 6. The van der Waals surface area contributed by atoms with Crippen LogP contribution < -0.4 is 5.32 Å². The lowest BCUT2D eigenvalue weighted by Crippen LogP contribution is -2.60. The molecule has 10 heteroatoms. The summed E-state index contributed by atoms with van der Waals surface area (Å²) in [5.74, 6) is -0.631. The largest absolute Gasteiger partial charge is 0.394 e. The van der Waals surface area contributed by atoms with Gasteiger partial charge in [0.05, 0.1) is 25.4 Å². The predicted octanol–water partition coefficient (Wildman–Crippen LogP) is 9.81. The molecule has 0 bridgehead atoms. The molecule has 0 spiro atoms. The average molecular weight is 852 g/mol. The van der Waals surface area contributed by atoms with E-state index < -0.39 is 61.5 Å². The van der Waals surface area contributed by atoms with Crippen LogP contribution in [0.1, 0.15) is 213 Å². The van der Waals surface area contributed by atoms with Crippen LogP contribution in [-0.2, 0) is 14.3 Å². The molecular weight excluding hydrogens is 759 g/mol. The fraction of sp³-hybridized carbons (Fsp3) is 0.860. The van der Waals surface area contributed by atoms with Crippen molar-refractivity contribution in [2.75, 3.05) is 13.2 Å². The number of unbranched alkanes of at least 4 members (excludes halogenated alkanes) is 26. The van der Waals surface area contributed by atoms with Gasteiger partial charge >= 0.3 is 0 Å². The number of hydrogen-bond acceptors (Lipinski definition) is 9. The van der Waals surface area contributed by atoms with Gasteiger partial charge in [-0.25, -0.2) is 0 Å². The second-order valence-corrected chi connectivity index (χ2v) is 17.6. The number of hydrogen-bond donors (Lipinski definition) is 7. The molecule has 0 radical (unpaired) electrons. The highest BCUT2D eigenvalue weighted by molar-refractivity contribution is 5.80. The van der Waals surface area contributed by atoms with Crippen molar-refractivity contribution in [3.63, 3.8) is 0 Å². The maximum atomic E-state index is 13.1. The van der Waals surface area contributed by atoms with Crippen LogP contribution in [-0.4, -0.2) is 98.7 Å². The lowest BCUT2D eigenvalue weighted by atomic mass is 9.99. The highest BCUT2D eigenvalue weighted by atomic mass is 16.7. The third kappa shape index (κ3) is 28.9. The van der Waals surface area contributed by atoms with Gasteiger partial charge in [-0.2, -0.15) is 0 Å². The second kappa shape index (κ2) is 39.0. The van der Waals surface area contributed by atoms with Gasteiger partial charge in [0.2, 0.25) is 5.91 Å². The smallest absolute Gasteiger partial charge is 0.249 e. The third-order valence-electron chi connectivity index (χ3n) is 11.9. The standard InChI is InChI=1S/C50H93NO9/c1-4-6-8-10-12-13-14-15-16-17-18-19-20-21-22-23-24-25-27-29-33-38-44(54)49(58)51-42(40-59-50-48(57)47(56)46(55)45(39-52)60-50)43(53)37-34-30-32-36-41(3)35-31-28-26-11-9-7-5-2/h31,34-37,42-48,50,52-57H,4-30,32-33,38-40H2,1-3H3,(H,51,58). The minimum atomic E-state index is -1.62. The molecule has 1 aliphatic heterocycles. The molecule has 1 saturated heterocycles. The van der Waals surface area contributed by atoms with Crippen LogP contribution in [0.3, 0.4) is 0 Å². The van der Waals surface area contributed by atoms with E-state index in [1.807, 2.05) is 6.08 Å². The van der Waals surface area contributed by atoms with E-state index in [0.29, 0.717) is 19.3 Å². The molecule has 1 rings (SSSR count). The van der Waals surface area contributed by atoms with E-state index in [-0.39, 0.29) is 6.61 Å². The molecule has 1 heterocycles. The molecule has 352 valence electrons. The Kier molecular flexibility index (Phi) is 36.7. The number of carbonyl (C=O) groups is 1. The summed E-state index contributed by atoms with van der Waals surface area (Å²) < 4.78 is 11.1. The normalized spacial score (nSPS) is 21.6. The van der Waals surface area contributed by atoms with E-state index in [9.17, 15) is 35.4 Å². The molecule has 0 aliphatic carbocycles. The molecule has 1 amide bonds. The number of amides is 1. The van der Waals surface area contributed by atoms with Gasteiger partial charge in [-0.1, -0.05) is 210 Å². The van der Waals surface area contributed by atoms with E-state index in [1.54, 1.807) is 6.08 Å². The molecule has 8 unspecified atom stereocenters. The summed E-state index contributed by atoms with van der Waals surface area (Å²) >= 11 is 0. The zero-order valence-electron chi connectivity index (χ0n) is 38.5. The van der Waals surface area contributed by atoms with Crippen molar-refractivity contribution >= 4 is 5.91 Å². The van der Waals surface area contributed by atoms with Gasteiger partial charge < -0.3 is 45.4 Å². The topological polar surface area (TPSA) is 169 Å². The van der Waals surface area contributed by atoms with Crippen LogP contribution in [0.2, 0.25) is 0 Å². The molecule has 60 heavy (non-hydrogen) atoms. The molecule has 0 aromatic heterocycles. The van der Waals surface area contributed by atoms with E-state index in [1.165, 1.54) is 147 Å². The Morgan fingerprint density at radius 3 is 1.62 bits per heavy atom. The first kappa shape index (κ1) is 56.4. The molecule has 0 aromatic rings. The lowest BCUT2D eigenvalue weighted by molar-refractivity contribution is -0.302. The molecule has 0 saturated carbocycles. The summed E-state index contributed by atoms with van der Waals surface area (Å²) in [6, 6.07) is -1.01. The molecule has 7 N–H and O–H groups in total. The maximum Gasteiger partial charge on any atom is 0.249 e. The van der Waals surface area contributed by atoms with Gasteiger partial charge in [-0.3, -0.25) is 4.79 Å². The average Bonchev–Trinajstić information content (AvgIpc) is 3.24. The van der Waals surface area contributed by atoms with E-state index in [0.717, 1.165) is 32.1 Å². The monoisotopic (exact) mass is 852 g/mol. The minimum Gasteiger partial charge on any atom is -0.394 e. The van der Waals surface area contributed by atoms with Crippen LogP contribution in [0.4, 0.5) is 0 Å². The second-order valence-electron chi connectivity index (χ2n) is 17.6. The summed E-state index contributed by atoms with van der Waals surface area (Å²) in [5, 5.41) is 64.8. The summed E-state index contributed by atoms with van der Waals surface area (Å²) in [6.07, 6.45) is 36.3. The van der Waals surface area contributed by atoms with Gasteiger partial charge in [-0.05, 0) is 39.0 Å². The Bertz CT molecular complexity index is 1080. The Morgan fingerprint density at radius 1 is 0.633 bits per heavy atom. The first-order valence-corrected chi connectivity index (χ1v) is 24.7. The molecule has 8 atom stereocenters. The number of rotatable bonds is 40. The van der Waals surface area contributed by atoms with Crippen molar-refractivity contribution < 1.29 is 44.9 Å². The number of allylic oxidation sites excluding steroid dienone is 5. The van der Waals surface area contributed by atoms with Gasteiger partial charge in [0.15, 0.2) is 6.29 Å². The molecule has 10 nitrogen and oxygen atoms in total. The Labute approximate surface area is 366 Å². The van der Waals surface area contributed by atoms with Crippen LogP contribution >= 0.6 is 0 Å². The fourth-order valence-corrected chi connectivity index (χ4v) is 7.79. The first-order valence-electron chi connectivity index (χ1n) is 24.7. The van der Waals surface area contributed by atoms with Crippen molar-refractivity contribution in [1.82, 2.24) is 5.32 Å². The van der Waals surface area contributed by atoms with Crippen molar-refractivity contribution in [3.8, 4) is 0 Å². The number of carbonyl (C=O) groups excluding carboxylic acids is 1. The number of ether oxygens (including phenoxy) is 2. The highest BCUT2D eigenvalue weighted by Gasteiger charge is 2.44. The molecular formula is C50H93NO9. The Balaban J connectivity index is 2.40. The van der Waals surface area contributed by atoms with Crippen molar-refractivity contribution in [3.05, 3.63) is 36.0 Å². The predicted molar refractivity (Wildman–Crippen MR) is 246 cm³/mol. The summed E-state index contributed by atoms with van der Waals surface area (Å²) in [4.78, 5) is 13.1. The third-order valence-corrected chi connectivity index (χ3v) is 11.9. The van der Waals surface area contributed by atoms with Gasteiger partial charge in [0.1, 0.15) is 30.5 Å². The highest BCUT2D eigenvalue weighted by Crippen LogP contribution is 2.23. The van der Waals surface area contributed by atoms with Gasteiger partial charge in [0, 0.05) is 0 Å². The van der Waals surface area contributed by atoms with Crippen LogP contribution in [0.15, 0.2) is 36.0 Å². The Hall–Kier alpha value is -1.63. The van der Waals surface area contributed by atoms with Crippen molar-refractivity contribution in [2.45, 2.75) is 262 Å². The van der Waals surface area contributed by atoms with Gasteiger partial charge in [-0.15, -0.1) is 0 Å².